The number of carbonyl (C=O) groups is 2. The summed E-state index contributed by atoms with van der Waals surface area (Å²) in [5.41, 5.74) is 1.88. The van der Waals surface area contributed by atoms with Crippen LogP contribution in [0.2, 0.25) is 0 Å². The number of carbonyl (C=O) groups excluding carboxylic acids is 2. The Morgan fingerprint density at radius 3 is 2.42 bits per heavy atom. The number of hydrogen-bond donors (Lipinski definition) is 1. The zero-order valence-corrected chi connectivity index (χ0v) is 17.7. The van der Waals surface area contributed by atoms with Crippen molar-refractivity contribution in [3.8, 4) is 11.5 Å². The number of anilines is 1. The third kappa shape index (κ3) is 3.88. The maximum Gasteiger partial charge on any atom is 0.282 e. The Balaban J connectivity index is 1.80. The van der Waals surface area contributed by atoms with Crippen molar-refractivity contribution in [1.82, 2.24) is 4.90 Å². The van der Waals surface area contributed by atoms with Gasteiger partial charge in [-0.2, -0.15) is 0 Å². The molecule has 0 bridgehead atoms. The molecule has 1 atom stereocenters. The zero-order valence-electron chi connectivity index (χ0n) is 17.7. The van der Waals surface area contributed by atoms with Crippen LogP contribution in [-0.4, -0.2) is 55.7 Å². The number of rotatable bonds is 6. The van der Waals surface area contributed by atoms with Crippen LogP contribution in [0.3, 0.4) is 0 Å². The predicted molar refractivity (Wildman–Crippen MR) is 117 cm³/mol. The van der Waals surface area contributed by atoms with E-state index in [1.807, 2.05) is 4.90 Å². The number of ether oxygens (including phenoxy) is 2. The van der Waals surface area contributed by atoms with Crippen LogP contribution in [0.4, 0.5) is 5.69 Å². The minimum absolute atomic E-state index is 0.0589. The normalized spacial score (nSPS) is 19.3. The van der Waals surface area contributed by atoms with Gasteiger partial charge in [0, 0.05) is 25.8 Å². The topological polar surface area (TPSA) is 79.3 Å². The molecule has 2 aliphatic rings. The second kappa shape index (κ2) is 8.81. The number of piperidine rings is 1. The van der Waals surface area contributed by atoms with Crippen molar-refractivity contribution in [2.75, 3.05) is 38.8 Å². The highest BCUT2D eigenvalue weighted by Gasteiger charge is 2.43. The largest absolute Gasteiger partial charge is 0.497 e. The molecule has 0 saturated carbocycles. The van der Waals surface area contributed by atoms with Crippen LogP contribution in [0.25, 0.3) is 5.57 Å². The van der Waals surface area contributed by atoms with Gasteiger partial charge in [-0.15, -0.1) is 0 Å². The highest BCUT2D eigenvalue weighted by Crippen LogP contribution is 2.37. The van der Waals surface area contributed by atoms with Crippen LogP contribution >= 0.6 is 0 Å². The lowest BCUT2D eigenvalue weighted by Gasteiger charge is -2.34. The molecule has 1 N–H and O–H groups in total. The molecule has 2 heterocycles. The summed E-state index contributed by atoms with van der Waals surface area (Å²) in [5, 5.41) is 9.66. The van der Waals surface area contributed by atoms with E-state index in [1.165, 1.54) is 4.90 Å². The smallest absolute Gasteiger partial charge is 0.282 e. The summed E-state index contributed by atoms with van der Waals surface area (Å²) in [4.78, 5) is 30.3. The number of likely N-dealkylation sites (tertiary alicyclic amines) is 1. The van der Waals surface area contributed by atoms with Crippen molar-refractivity contribution in [1.29, 1.82) is 0 Å². The average Bonchev–Trinajstić information content (AvgIpc) is 3.09. The van der Waals surface area contributed by atoms with Gasteiger partial charge in [0.2, 0.25) is 0 Å². The van der Waals surface area contributed by atoms with E-state index in [0.717, 1.165) is 12.8 Å². The molecule has 162 valence electrons. The second-order valence-corrected chi connectivity index (χ2v) is 7.74. The minimum atomic E-state index is -0.371. The molecular weight excluding hydrogens is 396 g/mol. The summed E-state index contributed by atoms with van der Waals surface area (Å²) >= 11 is 0. The van der Waals surface area contributed by atoms with Gasteiger partial charge in [-0.1, -0.05) is 18.2 Å². The molecule has 2 amide bonds. The molecule has 2 aromatic carbocycles. The molecule has 7 heteroatoms. The molecule has 2 aliphatic heterocycles. The second-order valence-electron chi connectivity index (χ2n) is 7.74. The Hall–Kier alpha value is -3.32. The van der Waals surface area contributed by atoms with E-state index in [9.17, 15) is 14.7 Å². The molecule has 0 radical (unpaired) electrons. The molecule has 31 heavy (non-hydrogen) atoms. The summed E-state index contributed by atoms with van der Waals surface area (Å²) in [6, 6.07) is 14.1. The highest BCUT2D eigenvalue weighted by atomic mass is 16.5. The molecule has 0 spiro atoms. The predicted octanol–water partition coefficient (Wildman–Crippen LogP) is 2.69. The Kier molecular flexibility index (Phi) is 5.95. The first kappa shape index (κ1) is 20.9. The van der Waals surface area contributed by atoms with Crippen LogP contribution in [-0.2, 0) is 9.59 Å². The molecule has 2 aromatic rings. The first-order valence-corrected chi connectivity index (χ1v) is 10.3. The summed E-state index contributed by atoms with van der Waals surface area (Å²) in [6.45, 7) is 1.26. The molecule has 0 aromatic heterocycles. The van der Waals surface area contributed by atoms with Gasteiger partial charge in [-0.25, -0.2) is 4.90 Å². The van der Waals surface area contributed by atoms with Crippen molar-refractivity contribution in [3.05, 3.63) is 59.8 Å². The van der Waals surface area contributed by atoms with Crippen molar-refractivity contribution in [3.63, 3.8) is 0 Å². The third-order valence-electron chi connectivity index (χ3n) is 5.84. The maximum absolute atomic E-state index is 13.6. The Labute approximate surface area is 181 Å². The van der Waals surface area contributed by atoms with Gasteiger partial charge < -0.3 is 19.5 Å². The first-order chi connectivity index (χ1) is 15.1. The fraction of sp³-hybridized carbons (Fsp3) is 0.333. The maximum atomic E-state index is 13.6. The van der Waals surface area contributed by atoms with Gasteiger partial charge in [0.1, 0.15) is 17.2 Å². The number of nitrogens with zero attached hydrogens (tertiary/aromatic N) is 2. The van der Waals surface area contributed by atoms with E-state index in [-0.39, 0.29) is 24.3 Å². The summed E-state index contributed by atoms with van der Waals surface area (Å²) in [7, 11) is 3.12. The fourth-order valence-corrected chi connectivity index (χ4v) is 4.23. The Bertz CT molecular complexity index is 1010. The van der Waals surface area contributed by atoms with Crippen molar-refractivity contribution >= 4 is 23.1 Å². The molecule has 0 aliphatic carbocycles. The molecule has 1 fully saturated rings. The number of aliphatic hydroxyl groups is 1. The van der Waals surface area contributed by atoms with Gasteiger partial charge in [0.25, 0.3) is 11.8 Å². The van der Waals surface area contributed by atoms with Gasteiger partial charge >= 0.3 is 0 Å². The lowest BCUT2D eigenvalue weighted by atomic mass is 9.97. The van der Waals surface area contributed by atoms with Gasteiger partial charge in [0.05, 0.1) is 25.5 Å². The number of methoxy groups -OCH3 is 2. The van der Waals surface area contributed by atoms with Crippen LogP contribution in [0.15, 0.2) is 54.2 Å². The lowest BCUT2D eigenvalue weighted by molar-refractivity contribution is -0.120. The van der Waals surface area contributed by atoms with Crippen molar-refractivity contribution < 1.29 is 24.2 Å². The third-order valence-corrected chi connectivity index (χ3v) is 5.84. The molecule has 7 nitrogen and oxygen atoms in total. The standard InChI is InChI=1S/C24H26N2O5/c1-30-19-10-8-17(9-11-19)21-22(25-12-4-5-16(14-25)15-27)24(29)26(23(21)28)18-6-3-7-20(13-18)31-2/h3,6-11,13,16,27H,4-5,12,14-15H2,1-2H3. The van der Waals surface area contributed by atoms with Crippen LogP contribution in [0, 0.1) is 5.92 Å². The van der Waals surface area contributed by atoms with Crippen molar-refractivity contribution in [2.45, 2.75) is 12.8 Å². The fourth-order valence-electron chi connectivity index (χ4n) is 4.23. The van der Waals surface area contributed by atoms with Gasteiger partial charge in [-0.05, 0) is 48.6 Å². The first-order valence-electron chi connectivity index (χ1n) is 10.3. The number of benzene rings is 2. The number of amides is 2. The summed E-state index contributed by atoms with van der Waals surface area (Å²) in [6.07, 6.45) is 1.76. The van der Waals surface area contributed by atoms with E-state index in [2.05, 4.69) is 0 Å². The molecular formula is C24H26N2O5. The van der Waals surface area contributed by atoms with Gasteiger partial charge in [0.15, 0.2) is 0 Å². The zero-order chi connectivity index (χ0) is 22.0. The lowest BCUT2D eigenvalue weighted by Crippen LogP contribution is -2.40. The van der Waals surface area contributed by atoms with Gasteiger partial charge in [-0.3, -0.25) is 9.59 Å². The van der Waals surface area contributed by atoms with Crippen LogP contribution in [0.5, 0.6) is 11.5 Å². The Morgan fingerprint density at radius 2 is 1.74 bits per heavy atom. The minimum Gasteiger partial charge on any atom is -0.497 e. The monoisotopic (exact) mass is 422 g/mol. The van der Waals surface area contributed by atoms with Crippen molar-refractivity contribution in [2.24, 2.45) is 5.92 Å². The average molecular weight is 422 g/mol. The molecule has 1 saturated heterocycles. The number of aliphatic hydroxyl groups excluding tert-OH is 1. The summed E-state index contributed by atoms with van der Waals surface area (Å²) < 4.78 is 10.5. The number of imide groups is 1. The number of hydrogen-bond acceptors (Lipinski definition) is 6. The SMILES string of the molecule is COc1ccc(C2=C(N3CCCC(CO)C3)C(=O)N(c3cccc(OC)c3)C2=O)cc1. The van der Waals surface area contributed by atoms with E-state index >= 15 is 0 Å². The van der Waals surface area contributed by atoms with Crippen LogP contribution in [0.1, 0.15) is 18.4 Å². The molecule has 1 unspecified atom stereocenters. The highest BCUT2D eigenvalue weighted by molar-refractivity contribution is 6.45. The Morgan fingerprint density at radius 1 is 1.00 bits per heavy atom. The van der Waals surface area contributed by atoms with E-state index in [4.69, 9.17) is 9.47 Å². The van der Waals surface area contributed by atoms with E-state index in [1.54, 1.807) is 62.8 Å². The molecule has 4 rings (SSSR count). The van der Waals surface area contributed by atoms with Crippen LogP contribution < -0.4 is 14.4 Å². The van der Waals surface area contributed by atoms with E-state index in [0.29, 0.717) is 47.1 Å². The quantitative estimate of drug-likeness (QED) is 0.721. The summed E-state index contributed by atoms with van der Waals surface area (Å²) in [5.74, 6) is 0.584. The van der Waals surface area contributed by atoms with E-state index < -0.39 is 0 Å².